The summed E-state index contributed by atoms with van der Waals surface area (Å²) in [5.41, 5.74) is 1.71. The van der Waals surface area contributed by atoms with Crippen molar-refractivity contribution in [3.8, 4) is 0 Å². The van der Waals surface area contributed by atoms with Crippen LogP contribution in [0.3, 0.4) is 0 Å². The van der Waals surface area contributed by atoms with Crippen LogP contribution in [0, 0.1) is 5.92 Å². The van der Waals surface area contributed by atoms with Crippen LogP contribution in [0.2, 0.25) is 10.0 Å². The molecule has 0 unspecified atom stereocenters. The Balaban J connectivity index is 1.36. The molecule has 5 rings (SSSR count). The highest BCUT2D eigenvalue weighted by atomic mass is 35.5. The summed E-state index contributed by atoms with van der Waals surface area (Å²) in [5.74, 6) is -0.563. The standard InChI is InChI=1S/C29H33Cl2N3O4/c30-23-9-8-22(25(31)18-23)10-13-34-28(38)33(19-20-4-1-2-5-20)27(37)29(34)11-14-32(15-12-29)24-7-3-6-21(16-24)17-26(35)36/h3,6-9,16,18,20H,1-2,4-5,10-15,17,19H2,(H,35,36). The van der Waals surface area contributed by atoms with Crippen LogP contribution in [0.4, 0.5) is 10.5 Å². The van der Waals surface area contributed by atoms with Gasteiger partial charge in [0.05, 0.1) is 6.42 Å². The predicted octanol–water partition coefficient (Wildman–Crippen LogP) is 5.66. The highest BCUT2D eigenvalue weighted by Gasteiger charge is 2.58. The summed E-state index contributed by atoms with van der Waals surface area (Å²) in [6.45, 7) is 2.11. The third kappa shape index (κ3) is 5.36. The van der Waals surface area contributed by atoms with E-state index in [0.29, 0.717) is 61.4 Å². The fourth-order valence-corrected chi connectivity index (χ4v) is 6.82. The summed E-state index contributed by atoms with van der Waals surface area (Å²) in [6.07, 6.45) is 5.98. The number of rotatable bonds is 8. The second-order valence-corrected chi connectivity index (χ2v) is 11.6. The van der Waals surface area contributed by atoms with Crippen LogP contribution in [0.5, 0.6) is 0 Å². The lowest BCUT2D eigenvalue weighted by Crippen LogP contribution is -2.57. The highest BCUT2D eigenvalue weighted by molar-refractivity contribution is 6.35. The van der Waals surface area contributed by atoms with E-state index in [1.54, 1.807) is 17.0 Å². The van der Waals surface area contributed by atoms with E-state index < -0.39 is 11.5 Å². The lowest BCUT2D eigenvalue weighted by molar-refractivity contribution is -0.136. The molecule has 2 heterocycles. The maximum absolute atomic E-state index is 14.0. The molecule has 1 spiro atoms. The molecule has 3 amide bonds. The third-order valence-electron chi connectivity index (χ3n) is 8.38. The Labute approximate surface area is 233 Å². The Morgan fingerprint density at radius 1 is 1.03 bits per heavy atom. The van der Waals surface area contributed by atoms with Crippen LogP contribution >= 0.6 is 23.2 Å². The van der Waals surface area contributed by atoms with Gasteiger partial charge in [0, 0.05) is 41.9 Å². The van der Waals surface area contributed by atoms with Gasteiger partial charge in [0.2, 0.25) is 0 Å². The number of aliphatic carboxylic acids is 1. The van der Waals surface area contributed by atoms with Gasteiger partial charge in [-0.15, -0.1) is 0 Å². The molecule has 2 aromatic carbocycles. The zero-order valence-corrected chi connectivity index (χ0v) is 22.9. The van der Waals surface area contributed by atoms with Crippen LogP contribution in [0.25, 0.3) is 0 Å². The van der Waals surface area contributed by atoms with Crippen molar-refractivity contribution >= 4 is 46.8 Å². The molecular formula is C29H33Cl2N3O4. The quantitative estimate of drug-likeness (QED) is 0.423. The van der Waals surface area contributed by atoms with Crippen molar-refractivity contribution in [3.05, 3.63) is 63.6 Å². The van der Waals surface area contributed by atoms with Gasteiger partial charge in [0.25, 0.3) is 5.91 Å². The van der Waals surface area contributed by atoms with Gasteiger partial charge in [-0.3, -0.25) is 14.5 Å². The highest BCUT2D eigenvalue weighted by Crippen LogP contribution is 2.40. The van der Waals surface area contributed by atoms with E-state index in [-0.39, 0.29) is 18.4 Å². The van der Waals surface area contributed by atoms with Gasteiger partial charge in [-0.25, -0.2) is 4.79 Å². The molecule has 1 N–H and O–H groups in total. The minimum absolute atomic E-state index is 0.0320. The molecule has 0 radical (unpaired) electrons. The molecule has 1 aliphatic carbocycles. The van der Waals surface area contributed by atoms with Gasteiger partial charge in [0.1, 0.15) is 5.54 Å². The topological polar surface area (TPSA) is 81.2 Å². The largest absolute Gasteiger partial charge is 0.481 e. The Morgan fingerprint density at radius 2 is 1.76 bits per heavy atom. The molecular weight excluding hydrogens is 525 g/mol. The zero-order valence-electron chi connectivity index (χ0n) is 21.4. The smallest absolute Gasteiger partial charge is 0.327 e. The summed E-state index contributed by atoms with van der Waals surface area (Å²) in [7, 11) is 0. The van der Waals surface area contributed by atoms with Crippen molar-refractivity contribution in [2.24, 2.45) is 5.92 Å². The fraction of sp³-hybridized carbons (Fsp3) is 0.483. The summed E-state index contributed by atoms with van der Waals surface area (Å²) < 4.78 is 0. The van der Waals surface area contributed by atoms with Crippen molar-refractivity contribution in [1.82, 2.24) is 9.80 Å². The second-order valence-electron chi connectivity index (χ2n) is 10.7. The molecule has 2 aromatic rings. The Bertz CT molecular complexity index is 1220. The molecule has 1 saturated carbocycles. The molecule has 0 bridgehead atoms. The van der Waals surface area contributed by atoms with Crippen molar-refractivity contribution in [3.63, 3.8) is 0 Å². The van der Waals surface area contributed by atoms with Crippen LogP contribution in [-0.4, -0.2) is 64.5 Å². The number of piperidine rings is 1. The minimum Gasteiger partial charge on any atom is -0.481 e. The van der Waals surface area contributed by atoms with E-state index in [1.807, 2.05) is 30.3 Å². The first kappa shape index (κ1) is 26.8. The van der Waals surface area contributed by atoms with Gasteiger partial charge in [-0.1, -0.05) is 54.2 Å². The molecule has 202 valence electrons. The number of imide groups is 1. The number of carbonyl (C=O) groups is 3. The van der Waals surface area contributed by atoms with E-state index in [1.165, 1.54) is 4.90 Å². The van der Waals surface area contributed by atoms with Gasteiger partial charge in [-0.2, -0.15) is 0 Å². The normalized spacial score (nSPS) is 19.7. The molecule has 3 aliphatic rings. The van der Waals surface area contributed by atoms with Gasteiger partial charge in [0.15, 0.2) is 0 Å². The molecule has 7 nitrogen and oxygen atoms in total. The van der Waals surface area contributed by atoms with Crippen molar-refractivity contribution in [2.45, 2.75) is 56.9 Å². The number of urea groups is 1. The summed E-state index contributed by atoms with van der Waals surface area (Å²) >= 11 is 12.5. The summed E-state index contributed by atoms with van der Waals surface area (Å²) in [6, 6.07) is 12.7. The number of carbonyl (C=O) groups excluding carboxylic acids is 2. The maximum atomic E-state index is 14.0. The number of hydrogen-bond donors (Lipinski definition) is 1. The van der Waals surface area contributed by atoms with Crippen molar-refractivity contribution < 1.29 is 19.5 Å². The van der Waals surface area contributed by atoms with Crippen LogP contribution in [0.15, 0.2) is 42.5 Å². The molecule has 2 saturated heterocycles. The average molecular weight is 559 g/mol. The van der Waals surface area contributed by atoms with E-state index in [0.717, 1.165) is 42.5 Å². The van der Waals surface area contributed by atoms with Crippen LogP contribution < -0.4 is 4.90 Å². The number of halogens is 2. The first-order valence-electron chi connectivity index (χ1n) is 13.4. The van der Waals surface area contributed by atoms with Crippen molar-refractivity contribution in [1.29, 1.82) is 0 Å². The number of carboxylic acids is 1. The first-order valence-corrected chi connectivity index (χ1v) is 14.2. The Hall–Kier alpha value is -2.77. The Morgan fingerprint density at radius 3 is 2.45 bits per heavy atom. The molecule has 0 atom stereocenters. The fourth-order valence-electron chi connectivity index (χ4n) is 6.32. The summed E-state index contributed by atoms with van der Waals surface area (Å²) in [5, 5.41) is 10.3. The summed E-state index contributed by atoms with van der Waals surface area (Å²) in [4.78, 5) is 44.4. The van der Waals surface area contributed by atoms with Gasteiger partial charge >= 0.3 is 12.0 Å². The molecule has 38 heavy (non-hydrogen) atoms. The monoisotopic (exact) mass is 557 g/mol. The van der Waals surface area contributed by atoms with Crippen LogP contribution in [0.1, 0.15) is 49.7 Å². The lowest BCUT2D eigenvalue weighted by atomic mass is 9.85. The predicted molar refractivity (Wildman–Crippen MR) is 148 cm³/mol. The number of amides is 3. The van der Waals surface area contributed by atoms with Gasteiger partial charge in [-0.05, 0) is 73.4 Å². The first-order chi connectivity index (χ1) is 18.3. The maximum Gasteiger partial charge on any atom is 0.327 e. The van der Waals surface area contributed by atoms with E-state index in [9.17, 15) is 19.5 Å². The SMILES string of the molecule is O=C(O)Cc1cccc(N2CCC3(CC2)C(=O)N(CC2CCCC2)C(=O)N3CCc2ccc(Cl)cc2Cl)c1. The number of anilines is 1. The van der Waals surface area contributed by atoms with Gasteiger partial charge < -0.3 is 14.9 Å². The van der Waals surface area contributed by atoms with Crippen molar-refractivity contribution in [2.75, 3.05) is 31.1 Å². The molecule has 3 fully saturated rings. The third-order valence-corrected chi connectivity index (χ3v) is 8.97. The number of hydrogen-bond acceptors (Lipinski definition) is 4. The van der Waals surface area contributed by atoms with E-state index >= 15 is 0 Å². The minimum atomic E-state index is -0.871. The molecule has 0 aromatic heterocycles. The number of benzene rings is 2. The molecule has 9 heteroatoms. The molecule has 2 aliphatic heterocycles. The average Bonchev–Trinajstić information content (AvgIpc) is 3.47. The Kier molecular flexibility index (Phi) is 7.87. The van der Waals surface area contributed by atoms with E-state index in [2.05, 4.69) is 4.90 Å². The van der Waals surface area contributed by atoms with Crippen LogP contribution in [-0.2, 0) is 22.4 Å². The second kappa shape index (κ2) is 11.1. The van der Waals surface area contributed by atoms with E-state index in [4.69, 9.17) is 23.2 Å². The number of nitrogens with zero attached hydrogens (tertiary/aromatic N) is 3. The number of carboxylic acid groups (broad SMARTS) is 1. The lowest BCUT2D eigenvalue weighted by Gasteiger charge is -2.43. The zero-order chi connectivity index (χ0) is 26.9.